The zero-order valence-corrected chi connectivity index (χ0v) is 11.9. The van der Waals surface area contributed by atoms with Crippen LogP contribution in [0, 0.1) is 0 Å². The lowest BCUT2D eigenvalue weighted by Crippen LogP contribution is -2.40. The number of amides is 1. The van der Waals surface area contributed by atoms with Crippen molar-refractivity contribution in [1.29, 1.82) is 0 Å². The zero-order chi connectivity index (χ0) is 14.5. The Morgan fingerprint density at radius 2 is 1.89 bits per heavy atom. The number of ether oxygens (including phenoxy) is 1. The molecule has 0 saturated heterocycles. The van der Waals surface area contributed by atoms with Gasteiger partial charge in [-0.15, -0.1) is 0 Å². The molecule has 5 heteroatoms. The van der Waals surface area contributed by atoms with Gasteiger partial charge in [-0.05, 0) is 46.5 Å². The SMILES string of the molecule is CC(C)(C)OC(=O)N(CC=C1CCCC1)CC(=O)O. The average molecular weight is 269 g/mol. The number of hydrogen-bond acceptors (Lipinski definition) is 3. The number of carboxylic acid groups (broad SMARTS) is 1. The topological polar surface area (TPSA) is 66.8 Å². The minimum absolute atomic E-state index is 0.302. The first-order valence-electron chi connectivity index (χ1n) is 6.65. The molecule has 0 aromatic heterocycles. The maximum atomic E-state index is 11.9. The molecule has 1 N–H and O–H groups in total. The van der Waals surface area contributed by atoms with Crippen molar-refractivity contribution >= 4 is 12.1 Å². The zero-order valence-electron chi connectivity index (χ0n) is 11.9. The molecule has 0 atom stereocenters. The molecule has 19 heavy (non-hydrogen) atoms. The molecule has 1 fully saturated rings. The quantitative estimate of drug-likeness (QED) is 0.797. The van der Waals surface area contributed by atoms with E-state index in [1.54, 1.807) is 20.8 Å². The number of hydrogen-bond donors (Lipinski definition) is 1. The number of rotatable bonds is 4. The highest BCUT2D eigenvalue weighted by Crippen LogP contribution is 2.23. The Bertz CT molecular complexity index is 360. The molecule has 5 nitrogen and oxygen atoms in total. The highest BCUT2D eigenvalue weighted by molar-refractivity contribution is 5.77. The fourth-order valence-corrected chi connectivity index (χ4v) is 1.97. The smallest absolute Gasteiger partial charge is 0.411 e. The monoisotopic (exact) mass is 269 g/mol. The Kier molecular flexibility index (Phi) is 5.39. The summed E-state index contributed by atoms with van der Waals surface area (Å²) in [5.74, 6) is -1.03. The minimum Gasteiger partial charge on any atom is -0.480 e. The van der Waals surface area contributed by atoms with Gasteiger partial charge < -0.3 is 9.84 Å². The molecule has 1 amide bonds. The van der Waals surface area contributed by atoms with E-state index in [0.717, 1.165) is 12.8 Å². The predicted molar refractivity (Wildman–Crippen MR) is 72.0 cm³/mol. The Balaban J connectivity index is 2.62. The van der Waals surface area contributed by atoms with Crippen molar-refractivity contribution in [2.75, 3.05) is 13.1 Å². The van der Waals surface area contributed by atoms with Gasteiger partial charge in [0, 0.05) is 6.54 Å². The van der Waals surface area contributed by atoms with Crippen LogP contribution in [0.5, 0.6) is 0 Å². The van der Waals surface area contributed by atoms with Crippen molar-refractivity contribution in [2.24, 2.45) is 0 Å². The van der Waals surface area contributed by atoms with Crippen molar-refractivity contribution in [3.05, 3.63) is 11.6 Å². The van der Waals surface area contributed by atoms with E-state index in [1.807, 2.05) is 6.08 Å². The fourth-order valence-electron chi connectivity index (χ4n) is 1.97. The molecular weight excluding hydrogens is 246 g/mol. The number of allylic oxidation sites excluding steroid dienone is 1. The van der Waals surface area contributed by atoms with Crippen LogP contribution in [0.25, 0.3) is 0 Å². The van der Waals surface area contributed by atoms with Crippen LogP contribution in [0.3, 0.4) is 0 Å². The number of carbonyl (C=O) groups excluding carboxylic acids is 1. The fraction of sp³-hybridized carbons (Fsp3) is 0.714. The number of carboxylic acids is 1. The molecular formula is C14H23NO4. The summed E-state index contributed by atoms with van der Waals surface area (Å²) in [6.45, 7) is 5.26. The molecule has 108 valence electrons. The van der Waals surface area contributed by atoms with Crippen molar-refractivity contribution in [1.82, 2.24) is 4.90 Å². The summed E-state index contributed by atoms with van der Waals surface area (Å²) in [5.41, 5.74) is 0.688. The normalized spacial score (nSPS) is 15.2. The molecule has 0 aliphatic heterocycles. The third kappa shape index (κ3) is 6.27. The Morgan fingerprint density at radius 3 is 2.37 bits per heavy atom. The second-order valence-corrected chi connectivity index (χ2v) is 5.82. The predicted octanol–water partition coefficient (Wildman–Crippen LogP) is 2.81. The molecule has 0 aromatic carbocycles. The van der Waals surface area contributed by atoms with Gasteiger partial charge in [0.15, 0.2) is 0 Å². The number of nitrogens with zero attached hydrogens (tertiary/aromatic N) is 1. The Hall–Kier alpha value is -1.52. The van der Waals surface area contributed by atoms with Crippen LogP contribution in [0.15, 0.2) is 11.6 Å². The Labute approximate surface area is 114 Å². The van der Waals surface area contributed by atoms with Crippen LogP contribution in [0.1, 0.15) is 46.5 Å². The lowest BCUT2D eigenvalue weighted by molar-refractivity contribution is -0.138. The summed E-state index contributed by atoms with van der Waals surface area (Å²) in [6.07, 6.45) is 5.84. The largest absolute Gasteiger partial charge is 0.480 e. The van der Waals surface area contributed by atoms with E-state index in [-0.39, 0.29) is 6.54 Å². The van der Waals surface area contributed by atoms with E-state index >= 15 is 0 Å². The molecule has 0 unspecified atom stereocenters. The number of aliphatic carboxylic acids is 1. The third-order valence-electron chi connectivity index (χ3n) is 2.82. The molecule has 1 aliphatic carbocycles. The van der Waals surface area contributed by atoms with E-state index in [2.05, 4.69) is 0 Å². The van der Waals surface area contributed by atoms with Gasteiger partial charge >= 0.3 is 12.1 Å². The lowest BCUT2D eigenvalue weighted by Gasteiger charge is -2.25. The average Bonchev–Trinajstić information content (AvgIpc) is 2.73. The molecule has 1 saturated carbocycles. The first-order valence-corrected chi connectivity index (χ1v) is 6.65. The third-order valence-corrected chi connectivity index (χ3v) is 2.82. The highest BCUT2D eigenvalue weighted by atomic mass is 16.6. The molecule has 0 spiro atoms. The molecule has 0 aromatic rings. The van der Waals surface area contributed by atoms with Gasteiger partial charge in [0.25, 0.3) is 0 Å². The minimum atomic E-state index is -1.03. The summed E-state index contributed by atoms with van der Waals surface area (Å²) in [5, 5.41) is 8.85. The first-order chi connectivity index (χ1) is 8.78. The lowest BCUT2D eigenvalue weighted by atomic mass is 10.2. The van der Waals surface area contributed by atoms with Gasteiger partial charge in [-0.3, -0.25) is 9.69 Å². The molecule has 0 bridgehead atoms. The van der Waals surface area contributed by atoms with E-state index in [4.69, 9.17) is 9.84 Å². The van der Waals surface area contributed by atoms with Crippen LogP contribution in [-0.2, 0) is 9.53 Å². The van der Waals surface area contributed by atoms with Gasteiger partial charge in [-0.1, -0.05) is 11.6 Å². The van der Waals surface area contributed by atoms with E-state index in [0.29, 0.717) is 6.54 Å². The number of carbonyl (C=O) groups is 2. The van der Waals surface area contributed by atoms with E-state index in [1.165, 1.54) is 23.3 Å². The van der Waals surface area contributed by atoms with Crippen molar-refractivity contribution in [3.63, 3.8) is 0 Å². The summed E-state index contributed by atoms with van der Waals surface area (Å²) in [7, 11) is 0. The molecule has 1 rings (SSSR count). The van der Waals surface area contributed by atoms with Crippen LogP contribution in [-0.4, -0.2) is 40.8 Å². The van der Waals surface area contributed by atoms with Gasteiger partial charge in [0.05, 0.1) is 0 Å². The van der Waals surface area contributed by atoms with Crippen molar-refractivity contribution in [3.8, 4) is 0 Å². The molecule has 0 radical (unpaired) electrons. The summed E-state index contributed by atoms with van der Waals surface area (Å²) in [6, 6.07) is 0. The van der Waals surface area contributed by atoms with E-state index < -0.39 is 17.7 Å². The Morgan fingerprint density at radius 1 is 1.32 bits per heavy atom. The van der Waals surface area contributed by atoms with Gasteiger partial charge in [-0.2, -0.15) is 0 Å². The van der Waals surface area contributed by atoms with Crippen molar-refractivity contribution in [2.45, 2.75) is 52.1 Å². The van der Waals surface area contributed by atoms with Crippen LogP contribution < -0.4 is 0 Å². The van der Waals surface area contributed by atoms with Crippen LogP contribution in [0.4, 0.5) is 4.79 Å². The summed E-state index contributed by atoms with van der Waals surface area (Å²) >= 11 is 0. The van der Waals surface area contributed by atoms with Gasteiger partial charge in [-0.25, -0.2) is 4.79 Å². The second-order valence-electron chi connectivity index (χ2n) is 5.82. The first kappa shape index (κ1) is 15.5. The second kappa shape index (κ2) is 6.59. The van der Waals surface area contributed by atoms with Crippen LogP contribution >= 0.6 is 0 Å². The van der Waals surface area contributed by atoms with E-state index in [9.17, 15) is 9.59 Å². The van der Waals surface area contributed by atoms with Gasteiger partial charge in [0.2, 0.25) is 0 Å². The van der Waals surface area contributed by atoms with Crippen LogP contribution in [0.2, 0.25) is 0 Å². The maximum Gasteiger partial charge on any atom is 0.411 e. The molecule has 0 heterocycles. The van der Waals surface area contributed by atoms with Gasteiger partial charge in [0.1, 0.15) is 12.1 Å². The molecule has 1 aliphatic rings. The summed E-state index contributed by atoms with van der Waals surface area (Å²) in [4.78, 5) is 23.9. The van der Waals surface area contributed by atoms with Crippen molar-refractivity contribution < 1.29 is 19.4 Å². The standard InChI is InChI=1S/C14H23NO4/c1-14(2,3)19-13(18)15(10-12(16)17)9-8-11-6-4-5-7-11/h8H,4-7,9-10H2,1-3H3,(H,16,17). The highest BCUT2D eigenvalue weighted by Gasteiger charge is 2.23. The maximum absolute atomic E-state index is 11.9. The summed E-state index contributed by atoms with van der Waals surface area (Å²) < 4.78 is 5.21.